The van der Waals surface area contributed by atoms with Crippen molar-refractivity contribution in [3.05, 3.63) is 0 Å². The molecule has 1 unspecified atom stereocenters. The monoisotopic (exact) mass is 159 g/mol. The fourth-order valence-corrected chi connectivity index (χ4v) is 0.666. The zero-order valence-corrected chi connectivity index (χ0v) is 7.85. The third-order valence-electron chi connectivity index (χ3n) is 1.80. The normalized spacial score (nSPS) is 15.0. The predicted molar refractivity (Wildman–Crippen MR) is 49.4 cm³/mol. The van der Waals surface area contributed by atoms with E-state index >= 15 is 0 Å². The lowest BCUT2D eigenvalue weighted by Crippen LogP contribution is -2.44. The summed E-state index contributed by atoms with van der Waals surface area (Å²) in [6.45, 7) is 8.80. The summed E-state index contributed by atoms with van der Waals surface area (Å²) in [6.07, 6.45) is 0. The SMILES string of the molecule is CC(C)(C)C(N)CNCCN. The summed E-state index contributed by atoms with van der Waals surface area (Å²) in [6, 6.07) is 0.203. The molecule has 3 heteroatoms. The number of rotatable bonds is 4. The zero-order valence-electron chi connectivity index (χ0n) is 7.85. The summed E-state index contributed by atoms with van der Waals surface area (Å²) in [5, 5.41) is 3.19. The van der Waals surface area contributed by atoms with Gasteiger partial charge in [0.2, 0.25) is 0 Å². The lowest BCUT2D eigenvalue weighted by atomic mass is 9.87. The van der Waals surface area contributed by atoms with E-state index in [9.17, 15) is 0 Å². The molecule has 0 amide bonds. The lowest BCUT2D eigenvalue weighted by molar-refractivity contribution is 0.310. The van der Waals surface area contributed by atoms with Crippen LogP contribution in [0.1, 0.15) is 20.8 Å². The molecule has 0 radical (unpaired) electrons. The number of nitrogens with two attached hydrogens (primary N) is 2. The van der Waals surface area contributed by atoms with Crippen molar-refractivity contribution in [1.29, 1.82) is 0 Å². The van der Waals surface area contributed by atoms with E-state index in [1.807, 2.05) is 0 Å². The van der Waals surface area contributed by atoms with Crippen molar-refractivity contribution in [3.8, 4) is 0 Å². The molecular weight excluding hydrogens is 138 g/mol. The van der Waals surface area contributed by atoms with E-state index in [1.165, 1.54) is 0 Å². The number of hydrogen-bond donors (Lipinski definition) is 3. The van der Waals surface area contributed by atoms with E-state index < -0.39 is 0 Å². The third kappa shape index (κ3) is 5.18. The van der Waals surface area contributed by atoms with Crippen molar-refractivity contribution in [2.24, 2.45) is 16.9 Å². The molecule has 0 aliphatic carbocycles. The van der Waals surface area contributed by atoms with Gasteiger partial charge in [-0.2, -0.15) is 0 Å². The first-order valence-corrected chi connectivity index (χ1v) is 4.15. The maximum atomic E-state index is 5.89. The van der Waals surface area contributed by atoms with Crippen molar-refractivity contribution >= 4 is 0 Å². The van der Waals surface area contributed by atoms with Gasteiger partial charge in [-0.15, -0.1) is 0 Å². The largest absolute Gasteiger partial charge is 0.329 e. The van der Waals surface area contributed by atoms with Crippen molar-refractivity contribution < 1.29 is 0 Å². The van der Waals surface area contributed by atoms with Crippen LogP contribution in [0.15, 0.2) is 0 Å². The van der Waals surface area contributed by atoms with Crippen LogP contribution in [0.5, 0.6) is 0 Å². The maximum absolute atomic E-state index is 5.89. The van der Waals surface area contributed by atoms with Gasteiger partial charge in [-0.25, -0.2) is 0 Å². The second kappa shape index (κ2) is 4.70. The van der Waals surface area contributed by atoms with Crippen LogP contribution in [0.2, 0.25) is 0 Å². The molecule has 1 atom stereocenters. The van der Waals surface area contributed by atoms with E-state index in [0.29, 0.717) is 6.54 Å². The second-order valence-electron chi connectivity index (χ2n) is 3.97. The Labute approximate surface area is 69.5 Å². The molecule has 0 bridgehead atoms. The molecular formula is C8H21N3. The summed E-state index contributed by atoms with van der Waals surface area (Å²) in [5.74, 6) is 0. The Morgan fingerprint density at radius 2 is 1.91 bits per heavy atom. The van der Waals surface area contributed by atoms with Crippen molar-refractivity contribution in [3.63, 3.8) is 0 Å². The molecule has 5 N–H and O–H groups in total. The van der Waals surface area contributed by atoms with E-state index in [1.54, 1.807) is 0 Å². The van der Waals surface area contributed by atoms with Crippen LogP contribution in [-0.2, 0) is 0 Å². The number of hydrogen-bond acceptors (Lipinski definition) is 3. The lowest BCUT2D eigenvalue weighted by Gasteiger charge is -2.27. The first-order valence-electron chi connectivity index (χ1n) is 4.15. The molecule has 0 rings (SSSR count). The van der Waals surface area contributed by atoms with Crippen LogP contribution in [-0.4, -0.2) is 25.7 Å². The summed E-state index contributed by atoms with van der Waals surface area (Å²) in [4.78, 5) is 0. The minimum Gasteiger partial charge on any atom is -0.329 e. The Kier molecular flexibility index (Phi) is 4.65. The van der Waals surface area contributed by atoms with Crippen molar-refractivity contribution in [1.82, 2.24) is 5.32 Å². The van der Waals surface area contributed by atoms with Gasteiger partial charge >= 0.3 is 0 Å². The third-order valence-corrected chi connectivity index (χ3v) is 1.80. The molecule has 0 aliphatic rings. The molecule has 0 saturated carbocycles. The van der Waals surface area contributed by atoms with Gasteiger partial charge in [0.05, 0.1) is 0 Å². The smallest absolute Gasteiger partial charge is 0.0214 e. The molecule has 0 aromatic rings. The van der Waals surface area contributed by atoms with Gasteiger partial charge in [0.1, 0.15) is 0 Å². The fraction of sp³-hybridized carbons (Fsp3) is 1.00. The summed E-state index contributed by atoms with van der Waals surface area (Å²) in [7, 11) is 0. The van der Waals surface area contributed by atoms with Gasteiger partial charge in [-0.05, 0) is 5.41 Å². The summed E-state index contributed by atoms with van der Waals surface area (Å²) >= 11 is 0. The molecule has 11 heavy (non-hydrogen) atoms. The fourth-order valence-electron chi connectivity index (χ4n) is 0.666. The van der Waals surface area contributed by atoms with Crippen LogP contribution in [0.25, 0.3) is 0 Å². The second-order valence-corrected chi connectivity index (χ2v) is 3.97. The molecule has 0 aliphatic heterocycles. The van der Waals surface area contributed by atoms with Crippen LogP contribution < -0.4 is 16.8 Å². The molecule has 0 saturated heterocycles. The molecule has 0 fully saturated rings. The Morgan fingerprint density at radius 1 is 1.36 bits per heavy atom. The van der Waals surface area contributed by atoms with Gasteiger partial charge in [-0.1, -0.05) is 20.8 Å². The summed E-state index contributed by atoms with van der Waals surface area (Å²) in [5.41, 5.74) is 11.4. The van der Waals surface area contributed by atoms with Gasteiger partial charge in [-0.3, -0.25) is 0 Å². The van der Waals surface area contributed by atoms with Gasteiger partial charge in [0, 0.05) is 25.7 Å². The minimum absolute atomic E-state index is 0.182. The zero-order chi connectivity index (χ0) is 8.91. The van der Waals surface area contributed by atoms with Crippen molar-refractivity contribution in [2.45, 2.75) is 26.8 Å². The molecule has 68 valence electrons. The van der Waals surface area contributed by atoms with Crippen LogP contribution in [0, 0.1) is 5.41 Å². The highest BCUT2D eigenvalue weighted by Gasteiger charge is 2.19. The Balaban J connectivity index is 3.44. The standard InChI is InChI=1S/C8H21N3/c1-8(2,3)7(10)6-11-5-4-9/h7,11H,4-6,9-10H2,1-3H3. The quantitative estimate of drug-likeness (QED) is 0.502. The average molecular weight is 159 g/mol. The Morgan fingerprint density at radius 3 is 2.27 bits per heavy atom. The summed E-state index contributed by atoms with van der Waals surface area (Å²) < 4.78 is 0. The Bertz CT molecular complexity index is 96.0. The van der Waals surface area contributed by atoms with Crippen LogP contribution in [0.3, 0.4) is 0 Å². The van der Waals surface area contributed by atoms with Crippen LogP contribution >= 0.6 is 0 Å². The van der Waals surface area contributed by atoms with Gasteiger partial charge in [0.25, 0.3) is 0 Å². The topological polar surface area (TPSA) is 64.1 Å². The van der Waals surface area contributed by atoms with E-state index in [4.69, 9.17) is 11.5 Å². The first kappa shape index (κ1) is 10.9. The van der Waals surface area contributed by atoms with E-state index in [-0.39, 0.29) is 11.5 Å². The molecule has 3 nitrogen and oxygen atoms in total. The highest BCUT2D eigenvalue weighted by Crippen LogP contribution is 2.16. The molecule has 0 spiro atoms. The molecule has 0 aromatic carbocycles. The minimum atomic E-state index is 0.182. The first-order chi connectivity index (χ1) is 4.98. The van der Waals surface area contributed by atoms with Gasteiger partial charge < -0.3 is 16.8 Å². The maximum Gasteiger partial charge on any atom is 0.0214 e. The highest BCUT2D eigenvalue weighted by molar-refractivity contribution is 4.78. The van der Waals surface area contributed by atoms with Crippen molar-refractivity contribution in [2.75, 3.05) is 19.6 Å². The number of nitrogens with one attached hydrogen (secondary N) is 1. The predicted octanol–water partition coefficient (Wildman–Crippen LogP) is -0.0919. The van der Waals surface area contributed by atoms with E-state index in [2.05, 4.69) is 26.1 Å². The molecule has 0 heterocycles. The Hall–Kier alpha value is -0.120. The van der Waals surface area contributed by atoms with Gasteiger partial charge in [0.15, 0.2) is 0 Å². The highest BCUT2D eigenvalue weighted by atomic mass is 14.9. The average Bonchev–Trinajstić information content (AvgIpc) is 1.86. The molecule has 0 aromatic heterocycles. The van der Waals surface area contributed by atoms with E-state index in [0.717, 1.165) is 13.1 Å². The van der Waals surface area contributed by atoms with Crippen LogP contribution in [0.4, 0.5) is 0 Å².